The predicted molar refractivity (Wildman–Crippen MR) is 89.3 cm³/mol. The summed E-state index contributed by atoms with van der Waals surface area (Å²) < 4.78 is 5.00. The zero-order chi connectivity index (χ0) is 19.4. The number of hydrogen-bond donors (Lipinski definition) is 1. The predicted octanol–water partition coefficient (Wildman–Crippen LogP) is -0.805. The molecular formula is C16H18N4O6. The molecule has 138 valence electrons. The van der Waals surface area contributed by atoms with E-state index in [2.05, 4.69) is 5.32 Å². The van der Waals surface area contributed by atoms with Crippen LogP contribution in [0.4, 0.5) is 10.5 Å². The standard InChI is InChI=1S/C16H18N4O6/c1-17-12(21)8-18(2)13(22)9-19-14(23)15(24)20(16(19)25)10-4-6-11(26-3)7-5-10/h4-7H,8-9H2,1-3H3,(H,17,21). The normalized spacial score (nSPS) is 13.9. The van der Waals surface area contributed by atoms with Gasteiger partial charge in [-0.15, -0.1) is 0 Å². The molecule has 0 aliphatic carbocycles. The van der Waals surface area contributed by atoms with Gasteiger partial charge in [-0.2, -0.15) is 0 Å². The number of urea groups is 1. The first kappa shape index (κ1) is 18.9. The van der Waals surface area contributed by atoms with Crippen LogP contribution in [0.2, 0.25) is 0 Å². The molecule has 26 heavy (non-hydrogen) atoms. The average molecular weight is 362 g/mol. The Morgan fingerprint density at radius 1 is 1.12 bits per heavy atom. The highest BCUT2D eigenvalue weighted by atomic mass is 16.5. The Morgan fingerprint density at radius 2 is 1.73 bits per heavy atom. The van der Waals surface area contributed by atoms with Crippen molar-refractivity contribution in [1.29, 1.82) is 0 Å². The summed E-state index contributed by atoms with van der Waals surface area (Å²) in [6.07, 6.45) is 0. The maximum absolute atomic E-state index is 12.4. The summed E-state index contributed by atoms with van der Waals surface area (Å²) in [4.78, 5) is 62.4. The average Bonchev–Trinajstić information content (AvgIpc) is 2.85. The van der Waals surface area contributed by atoms with E-state index in [0.29, 0.717) is 15.5 Å². The van der Waals surface area contributed by atoms with Crippen LogP contribution in [0.3, 0.4) is 0 Å². The Labute approximate surface area is 149 Å². The van der Waals surface area contributed by atoms with Gasteiger partial charge in [0.15, 0.2) is 0 Å². The van der Waals surface area contributed by atoms with E-state index < -0.39 is 36.2 Å². The van der Waals surface area contributed by atoms with Crippen LogP contribution in [0.25, 0.3) is 0 Å². The lowest BCUT2D eigenvalue weighted by Crippen LogP contribution is -2.44. The zero-order valence-corrected chi connectivity index (χ0v) is 14.5. The number of imide groups is 2. The van der Waals surface area contributed by atoms with E-state index in [0.717, 1.165) is 4.90 Å². The molecule has 0 radical (unpaired) electrons. The lowest BCUT2D eigenvalue weighted by atomic mass is 10.3. The maximum Gasteiger partial charge on any atom is 0.339 e. The van der Waals surface area contributed by atoms with E-state index in [9.17, 15) is 24.0 Å². The molecule has 1 N–H and O–H groups in total. The van der Waals surface area contributed by atoms with E-state index in [4.69, 9.17) is 4.74 Å². The number of hydrogen-bond acceptors (Lipinski definition) is 6. The number of rotatable bonds is 6. The van der Waals surface area contributed by atoms with Gasteiger partial charge >= 0.3 is 17.8 Å². The van der Waals surface area contributed by atoms with Crippen molar-refractivity contribution < 1.29 is 28.7 Å². The molecule has 0 bridgehead atoms. The molecule has 0 aromatic heterocycles. The van der Waals surface area contributed by atoms with Crippen LogP contribution < -0.4 is 15.0 Å². The summed E-state index contributed by atoms with van der Waals surface area (Å²) in [5.41, 5.74) is 0.183. The van der Waals surface area contributed by atoms with Gasteiger partial charge < -0.3 is 15.0 Å². The topological polar surface area (TPSA) is 116 Å². The van der Waals surface area contributed by atoms with Crippen molar-refractivity contribution >= 4 is 35.3 Å². The first-order chi connectivity index (χ1) is 12.3. The van der Waals surface area contributed by atoms with E-state index in [1.165, 1.54) is 45.5 Å². The summed E-state index contributed by atoms with van der Waals surface area (Å²) in [5, 5.41) is 2.35. The number of ether oxygens (including phenoxy) is 1. The molecule has 1 aliphatic rings. The Balaban J connectivity index is 2.14. The molecule has 10 heteroatoms. The third-order valence-electron chi connectivity index (χ3n) is 3.76. The number of likely N-dealkylation sites (N-methyl/N-ethyl adjacent to an activating group) is 2. The van der Waals surface area contributed by atoms with Crippen LogP contribution in [0.5, 0.6) is 5.75 Å². The van der Waals surface area contributed by atoms with Gasteiger partial charge in [0.25, 0.3) is 0 Å². The minimum Gasteiger partial charge on any atom is -0.497 e. The molecule has 1 aromatic carbocycles. The van der Waals surface area contributed by atoms with Gasteiger partial charge in [0, 0.05) is 14.1 Å². The van der Waals surface area contributed by atoms with E-state index >= 15 is 0 Å². The Kier molecular flexibility index (Phi) is 5.55. The summed E-state index contributed by atoms with van der Waals surface area (Å²) in [7, 11) is 4.23. The van der Waals surface area contributed by atoms with E-state index in [-0.39, 0.29) is 12.2 Å². The molecule has 0 unspecified atom stereocenters. The highest BCUT2D eigenvalue weighted by Crippen LogP contribution is 2.24. The second-order valence-corrected chi connectivity index (χ2v) is 5.44. The van der Waals surface area contributed by atoms with E-state index in [1.807, 2.05) is 0 Å². The SMILES string of the molecule is CNC(=O)CN(C)C(=O)CN1C(=O)C(=O)N(c2ccc(OC)cc2)C1=O. The highest BCUT2D eigenvalue weighted by Gasteiger charge is 2.46. The molecule has 0 saturated carbocycles. The molecule has 0 atom stereocenters. The van der Waals surface area contributed by atoms with Crippen molar-refractivity contribution in [3.63, 3.8) is 0 Å². The molecule has 2 rings (SSSR count). The van der Waals surface area contributed by atoms with Gasteiger partial charge in [-0.05, 0) is 24.3 Å². The Bertz CT molecular complexity index is 761. The lowest BCUT2D eigenvalue weighted by Gasteiger charge is -2.20. The first-order valence-electron chi connectivity index (χ1n) is 7.58. The molecule has 0 spiro atoms. The molecular weight excluding hydrogens is 344 g/mol. The van der Waals surface area contributed by atoms with Crippen molar-refractivity contribution in [3.8, 4) is 5.75 Å². The number of methoxy groups -OCH3 is 1. The number of carbonyl (C=O) groups excluding carboxylic acids is 5. The van der Waals surface area contributed by atoms with Crippen molar-refractivity contribution in [2.24, 2.45) is 0 Å². The summed E-state index contributed by atoms with van der Waals surface area (Å²) >= 11 is 0. The lowest BCUT2D eigenvalue weighted by molar-refractivity contribution is -0.142. The monoisotopic (exact) mass is 362 g/mol. The highest BCUT2D eigenvalue weighted by molar-refractivity contribution is 6.53. The summed E-state index contributed by atoms with van der Waals surface area (Å²) in [5.74, 6) is -2.70. The number of anilines is 1. The molecule has 6 amide bonds. The fraction of sp³-hybridized carbons (Fsp3) is 0.312. The van der Waals surface area contributed by atoms with Gasteiger partial charge in [0.1, 0.15) is 12.3 Å². The van der Waals surface area contributed by atoms with E-state index in [1.54, 1.807) is 0 Å². The van der Waals surface area contributed by atoms with Gasteiger partial charge in [-0.25, -0.2) is 14.6 Å². The maximum atomic E-state index is 12.4. The van der Waals surface area contributed by atoms with Crippen LogP contribution in [0, 0.1) is 0 Å². The Hall–Kier alpha value is -3.43. The molecule has 1 heterocycles. The fourth-order valence-corrected chi connectivity index (χ4v) is 2.24. The van der Waals surface area contributed by atoms with Crippen molar-refractivity contribution in [2.45, 2.75) is 0 Å². The minimum atomic E-state index is -1.10. The summed E-state index contributed by atoms with van der Waals surface area (Å²) in [6, 6.07) is 5.04. The quantitative estimate of drug-likeness (QED) is 0.523. The molecule has 1 aliphatic heterocycles. The number of nitrogens with one attached hydrogen (secondary N) is 1. The van der Waals surface area contributed by atoms with Gasteiger partial charge in [0.05, 0.1) is 19.3 Å². The zero-order valence-electron chi connectivity index (χ0n) is 14.5. The molecule has 1 fully saturated rings. The number of nitrogens with zero attached hydrogens (tertiary/aromatic N) is 3. The van der Waals surface area contributed by atoms with Gasteiger partial charge in [-0.3, -0.25) is 19.2 Å². The first-order valence-corrected chi connectivity index (χ1v) is 7.58. The largest absolute Gasteiger partial charge is 0.497 e. The number of amides is 6. The van der Waals surface area contributed by atoms with Crippen LogP contribution in [0.15, 0.2) is 24.3 Å². The van der Waals surface area contributed by atoms with Crippen molar-refractivity contribution in [3.05, 3.63) is 24.3 Å². The van der Waals surface area contributed by atoms with Crippen LogP contribution in [-0.2, 0) is 19.2 Å². The van der Waals surface area contributed by atoms with Crippen molar-refractivity contribution in [2.75, 3.05) is 39.2 Å². The van der Waals surface area contributed by atoms with Crippen LogP contribution in [0.1, 0.15) is 0 Å². The molecule has 1 saturated heterocycles. The number of benzene rings is 1. The van der Waals surface area contributed by atoms with Crippen molar-refractivity contribution in [1.82, 2.24) is 15.1 Å². The van der Waals surface area contributed by atoms with Gasteiger partial charge in [-0.1, -0.05) is 0 Å². The smallest absolute Gasteiger partial charge is 0.339 e. The minimum absolute atomic E-state index is 0.183. The number of carbonyl (C=O) groups is 5. The second-order valence-electron chi connectivity index (χ2n) is 5.44. The third-order valence-corrected chi connectivity index (χ3v) is 3.76. The van der Waals surface area contributed by atoms with Crippen LogP contribution in [-0.4, -0.2) is 73.8 Å². The molecule has 10 nitrogen and oxygen atoms in total. The summed E-state index contributed by atoms with van der Waals surface area (Å²) in [6.45, 7) is -0.870. The fourth-order valence-electron chi connectivity index (χ4n) is 2.24. The second kappa shape index (κ2) is 7.64. The van der Waals surface area contributed by atoms with Crippen LogP contribution >= 0.6 is 0 Å². The molecule has 1 aromatic rings. The van der Waals surface area contributed by atoms with Gasteiger partial charge in [0.2, 0.25) is 11.8 Å². The third kappa shape index (κ3) is 3.63. The Morgan fingerprint density at radius 3 is 2.27 bits per heavy atom.